The van der Waals surface area contributed by atoms with Gasteiger partial charge >= 0.3 is 5.69 Å². The minimum absolute atomic E-state index is 0.0140. The van der Waals surface area contributed by atoms with Gasteiger partial charge in [-0.25, -0.2) is 9.18 Å². The van der Waals surface area contributed by atoms with E-state index in [9.17, 15) is 18.8 Å². The lowest BCUT2D eigenvalue weighted by atomic mass is 10.1. The third-order valence-electron chi connectivity index (χ3n) is 4.29. The molecule has 0 radical (unpaired) electrons. The summed E-state index contributed by atoms with van der Waals surface area (Å²) in [6.45, 7) is 1.86. The van der Waals surface area contributed by atoms with Crippen molar-refractivity contribution in [1.29, 1.82) is 0 Å². The van der Waals surface area contributed by atoms with Gasteiger partial charge in [0.2, 0.25) is 5.91 Å². The van der Waals surface area contributed by atoms with Gasteiger partial charge in [0.15, 0.2) is 0 Å². The first-order valence-electron chi connectivity index (χ1n) is 8.33. The molecule has 0 aliphatic heterocycles. The van der Waals surface area contributed by atoms with Crippen molar-refractivity contribution in [3.63, 3.8) is 0 Å². The average Bonchev–Trinajstić information content (AvgIpc) is 2.63. The third kappa shape index (κ3) is 4.09. The molecule has 1 amide bonds. The maximum Gasteiger partial charge on any atom is 0.328 e. The molecule has 1 heterocycles. The molecule has 1 atom stereocenters. The van der Waals surface area contributed by atoms with Crippen LogP contribution in [0, 0.1) is 5.82 Å². The highest BCUT2D eigenvalue weighted by Gasteiger charge is 2.13. The zero-order valence-corrected chi connectivity index (χ0v) is 15.2. The van der Waals surface area contributed by atoms with Gasteiger partial charge in [0, 0.05) is 13.0 Å². The van der Waals surface area contributed by atoms with Crippen molar-refractivity contribution in [3.8, 4) is 0 Å². The molecule has 0 saturated heterocycles. The monoisotopic (exact) mass is 389 g/mol. The second-order valence-electron chi connectivity index (χ2n) is 6.14. The molecule has 2 N–H and O–H groups in total. The van der Waals surface area contributed by atoms with Crippen LogP contribution in [0.1, 0.15) is 24.9 Å². The van der Waals surface area contributed by atoms with Gasteiger partial charge < -0.3 is 5.32 Å². The number of carbonyl (C=O) groups excluding carboxylic acids is 1. The summed E-state index contributed by atoms with van der Waals surface area (Å²) < 4.78 is 14.6. The van der Waals surface area contributed by atoms with Gasteiger partial charge in [-0.2, -0.15) is 0 Å². The van der Waals surface area contributed by atoms with Crippen molar-refractivity contribution in [3.05, 3.63) is 79.7 Å². The summed E-state index contributed by atoms with van der Waals surface area (Å²) >= 11 is 5.77. The molecular formula is C19H17ClFN3O3. The number of fused-ring (bicyclic) bond motifs is 1. The molecular weight excluding hydrogens is 373 g/mol. The molecule has 27 heavy (non-hydrogen) atoms. The van der Waals surface area contributed by atoms with Gasteiger partial charge in [-0.3, -0.25) is 19.1 Å². The Bertz CT molecular complexity index is 1120. The van der Waals surface area contributed by atoms with E-state index in [2.05, 4.69) is 10.3 Å². The maximum absolute atomic E-state index is 13.3. The second kappa shape index (κ2) is 7.75. The van der Waals surface area contributed by atoms with Gasteiger partial charge in [0.05, 0.1) is 22.0 Å². The number of rotatable bonds is 5. The quantitative estimate of drug-likeness (QED) is 0.703. The zero-order chi connectivity index (χ0) is 19.6. The van der Waals surface area contributed by atoms with Crippen molar-refractivity contribution < 1.29 is 9.18 Å². The minimum Gasteiger partial charge on any atom is -0.350 e. The summed E-state index contributed by atoms with van der Waals surface area (Å²) in [6.07, 6.45) is 0.0369. The van der Waals surface area contributed by atoms with E-state index in [1.807, 2.05) is 0 Å². The molecule has 0 spiro atoms. The molecule has 0 aliphatic carbocycles. The van der Waals surface area contributed by atoms with Crippen molar-refractivity contribution in [2.24, 2.45) is 0 Å². The van der Waals surface area contributed by atoms with E-state index in [0.717, 1.165) is 0 Å². The first kappa shape index (κ1) is 18.8. The summed E-state index contributed by atoms with van der Waals surface area (Å²) in [4.78, 5) is 38.5. The molecule has 0 aliphatic rings. The van der Waals surface area contributed by atoms with Gasteiger partial charge in [-0.1, -0.05) is 29.8 Å². The Balaban J connectivity index is 1.73. The number of aromatic amines is 1. The van der Waals surface area contributed by atoms with E-state index in [-0.39, 0.29) is 29.9 Å². The lowest BCUT2D eigenvalue weighted by Crippen LogP contribution is -2.33. The predicted octanol–water partition coefficient (Wildman–Crippen LogP) is 2.75. The van der Waals surface area contributed by atoms with Crippen LogP contribution >= 0.6 is 11.6 Å². The number of nitrogens with one attached hydrogen (secondary N) is 2. The van der Waals surface area contributed by atoms with Crippen LogP contribution in [0.3, 0.4) is 0 Å². The summed E-state index contributed by atoms with van der Waals surface area (Å²) in [7, 11) is 0. The van der Waals surface area contributed by atoms with E-state index in [1.165, 1.54) is 16.7 Å². The lowest BCUT2D eigenvalue weighted by Gasteiger charge is -2.15. The van der Waals surface area contributed by atoms with E-state index >= 15 is 0 Å². The second-order valence-corrected chi connectivity index (χ2v) is 6.55. The Morgan fingerprint density at radius 3 is 2.74 bits per heavy atom. The Labute approximate surface area is 158 Å². The summed E-state index contributed by atoms with van der Waals surface area (Å²) in [5.74, 6) is -0.812. The summed E-state index contributed by atoms with van der Waals surface area (Å²) in [5.41, 5.74) is 0.113. The van der Waals surface area contributed by atoms with Gasteiger partial charge in [-0.05, 0) is 36.8 Å². The zero-order valence-electron chi connectivity index (χ0n) is 14.5. The molecule has 1 aromatic heterocycles. The van der Waals surface area contributed by atoms with Crippen LogP contribution in [0.15, 0.2) is 52.1 Å². The number of aryl methyl sites for hydroxylation is 1. The molecule has 0 bridgehead atoms. The van der Waals surface area contributed by atoms with Crippen LogP contribution in [0.4, 0.5) is 4.39 Å². The van der Waals surface area contributed by atoms with Crippen LogP contribution in [0.5, 0.6) is 0 Å². The number of para-hydroxylation sites is 1. The van der Waals surface area contributed by atoms with Crippen LogP contribution in [0.2, 0.25) is 5.02 Å². The van der Waals surface area contributed by atoms with Crippen LogP contribution in [-0.4, -0.2) is 15.5 Å². The number of amides is 1. The highest BCUT2D eigenvalue weighted by Crippen LogP contribution is 2.20. The third-order valence-corrected chi connectivity index (χ3v) is 4.58. The number of carbonyl (C=O) groups is 1. The van der Waals surface area contributed by atoms with Gasteiger partial charge in [0.1, 0.15) is 5.82 Å². The lowest BCUT2D eigenvalue weighted by molar-refractivity contribution is -0.121. The van der Waals surface area contributed by atoms with E-state index < -0.39 is 17.1 Å². The number of H-pyrrole nitrogens is 1. The fraction of sp³-hybridized carbons (Fsp3) is 0.211. The normalized spacial score (nSPS) is 12.1. The Kier molecular flexibility index (Phi) is 5.41. The highest BCUT2D eigenvalue weighted by molar-refractivity contribution is 6.30. The predicted molar refractivity (Wildman–Crippen MR) is 101 cm³/mol. The van der Waals surface area contributed by atoms with Crippen molar-refractivity contribution in [2.45, 2.75) is 25.9 Å². The van der Waals surface area contributed by atoms with Crippen molar-refractivity contribution in [1.82, 2.24) is 14.9 Å². The first-order valence-corrected chi connectivity index (χ1v) is 8.71. The standard InChI is InChI=1S/C19H17ClFN3O3/c1-11(12-6-7-15(21)14(20)10-12)22-17(25)8-9-24-16-5-3-2-4-13(16)18(26)23-19(24)27/h2-7,10-11H,8-9H2,1H3,(H,22,25)(H,23,26,27). The summed E-state index contributed by atoms with van der Waals surface area (Å²) in [5, 5.41) is 3.15. The first-order chi connectivity index (χ1) is 12.9. The molecule has 6 nitrogen and oxygen atoms in total. The molecule has 0 saturated carbocycles. The molecule has 1 unspecified atom stereocenters. The largest absolute Gasteiger partial charge is 0.350 e. The Hall–Kier alpha value is -2.93. The highest BCUT2D eigenvalue weighted by atomic mass is 35.5. The molecule has 3 rings (SSSR count). The van der Waals surface area contributed by atoms with E-state index in [1.54, 1.807) is 37.3 Å². The average molecular weight is 390 g/mol. The number of nitrogens with zero attached hydrogens (tertiary/aromatic N) is 1. The fourth-order valence-corrected chi connectivity index (χ4v) is 3.05. The Morgan fingerprint density at radius 2 is 2.00 bits per heavy atom. The van der Waals surface area contributed by atoms with Crippen LogP contribution in [0.25, 0.3) is 10.9 Å². The number of hydrogen-bond donors (Lipinski definition) is 2. The van der Waals surface area contributed by atoms with E-state index in [4.69, 9.17) is 11.6 Å². The van der Waals surface area contributed by atoms with Crippen LogP contribution < -0.4 is 16.6 Å². The SMILES string of the molecule is CC(NC(=O)CCn1c(=O)[nH]c(=O)c2ccccc21)c1ccc(F)c(Cl)c1. The minimum atomic E-state index is -0.565. The smallest absolute Gasteiger partial charge is 0.328 e. The maximum atomic E-state index is 13.3. The topological polar surface area (TPSA) is 84.0 Å². The number of aromatic nitrogens is 2. The van der Waals surface area contributed by atoms with Crippen molar-refractivity contribution >= 4 is 28.4 Å². The van der Waals surface area contributed by atoms with Gasteiger partial charge in [0.25, 0.3) is 5.56 Å². The molecule has 3 aromatic rings. The molecule has 140 valence electrons. The van der Waals surface area contributed by atoms with E-state index in [0.29, 0.717) is 16.5 Å². The number of halogens is 2. The number of benzene rings is 2. The molecule has 0 fully saturated rings. The summed E-state index contributed by atoms with van der Waals surface area (Å²) in [6, 6.07) is 10.6. The Morgan fingerprint density at radius 1 is 1.26 bits per heavy atom. The van der Waals surface area contributed by atoms with Gasteiger partial charge in [-0.15, -0.1) is 0 Å². The molecule has 8 heteroatoms. The molecule has 2 aromatic carbocycles. The fourth-order valence-electron chi connectivity index (χ4n) is 2.86. The van der Waals surface area contributed by atoms with Crippen LogP contribution in [-0.2, 0) is 11.3 Å². The number of hydrogen-bond acceptors (Lipinski definition) is 3. The van der Waals surface area contributed by atoms with Crippen molar-refractivity contribution in [2.75, 3.05) is 0 Å².